The molecular weight excluding hydrogens is 294 g/mol. The van der Waals surface area contributed by atoms with E-state index in [1.165, 1.54) is 18.2 Å². The van der Waals surface area contributed by atoms with E-state index in [4.69, 9.17) is 5.11 Å². The number of nitrogens with zero attached hydrogens (tertiary/aromatic N) is 1. The van der Waals surface area contributed by atoms with E-state index >= 15 is 0 Å². The van der Waals surface area contributed by atoms with Gasteiger partial charge in [-0.3, -0.25) is 4.79 Å². The Balaban J connectivity index is 2.15. The summed E-state index contributed by atoms with van der Waals surface area (Å²) in [5.41, 5.74) is -0.807. The maximum absolute atomic E-state index is 12.4. The molecule has 0 aliphatic carbocycles. The summed E-state index contributed by atoms with van der Waals surface area (Å²) in [6.07, 6.45) is 1.71. The van der Waals surface area contributed by atoms with E-state index in [2.05, 4.69) is 0 Å². The quantitative estimate of drug-likeness (QED) is 0.822. The first-order valence-electron chi connectivity index (χ1n) is 6.68. The fourth-order valence-corrected chi connectivity index (χ4v) is 2.99. The van der Waals surface area contributed by atoms with Gasteiger partial charge in [0.15, 0.2) is 9.84 Å². The Morgan fingerprint density at radius 3 is 2.48 bits per heavy atom. The van der Waals surface area contributed by atoms with Crippen LogP contribution in [0.1, 0.15) is 23.2 Å². The van der Waals surface area contributed by atoms with Crippen LogP contribution in [0.5, 0.6) is 0 Å². The van der Waals surface area contributed by atoms with Crippen molar-refractivity contribution in [3.63, 3.8) is 0 Å². The average molecular weight is 313 g/mol. The second-order valence-electron chi connectivity index (χ2n) is 5.47. The first-order chi connectivity index (χ1) is 9.75. The number of aliphatic hydroxyl groups is 2. The van der Waals surface area contributed by atoms with Crippen molar-refractivity contribution in [2.75, 3.05) is 26.0 Å². The summed E-state index contributed by atoms with van der Waals surface area (Å²) >= 11 is 0. The van der Waals surface area contributed by atoms with Crippen LogP contribution in [0.25, 0.3) is 0 Å². The minimum absolute atomic E-state index is 0.109. The number of rotatable bonds is 3. The third kappa shape index (κ3) is 3.61. The van der Waals surface area contributed by atoms with Gasteiger partial charge < -0.3 is 15.1 Å². The second kappa shape index (κ2) is 5.75. The van der Waals surface area contributed by atoms with Crippen molar-refractivity contribution >= 4 is 15.7 Å². The minimum atomic E-state index is -3.36. The van der Waals surface area contributed by atoms with Crippen molar-refractivity contribution in [1.82, 2.24) is 4.90 Å². The molecule has 1 aliphatic rings. The van der Waals surface area contributed by atoms with Gasteiger partial charge in [-0.25, -0.2) is 8.42 Å². The molecule has 21 heavy (non-hydrogen) atoms. The van der Waals surface area contributed by atoms with Crippen LogP contribution in [0.15, 0.2) is 29.2 Å². The number of benzene rings is 1. The van der Waals surface area contributed by atoms with Crippen molar-refractivity contribution in [1.29, 1.82) is 0 Å². The molecule has 0 bridgehead atoms. The van der Waals surface area contributed by atoms with Gasteiger partial charge in [0.05, 0.1) is 17.1 Å². The van der Waals surface area contributed by atoms with E-state index in [0.717, 1.165) is 6.26 Å². The fraction of sp³-hybridized carbons (Fsp3) is 0.500. The molecule has 0 radical (unpaired) electrons. The topological polar surface area (TPSA) is 94.9 Å². The molecule has 0 unspecified atom stereocenters. The van der Waals surface area contributed by atoms with E-state index in [9.17, 15) is 18.3 Å². The van der Waals surface area contributed by atoms with Gasteiger partial charge in [-0.2, -0.15) is 0 Å². The molecule has 1 saturated heterocycles. The Morgan fingerprint density at radius 2 is 1.95 bits per heavy atom. The van der Waals surface area contributed by atoms with Gasteiger partial charge >= 0.3 is 0 Å². The number of hydrogen-bond donors (Lipinski definition) is 2. The lowest BCUT2D eigenvalue weighted by Gasteiger charge is -2.37. The van der Waals surface area contributed by atoms with Crippen LogP contribution in [0.2, 0.25) is 0 Å². The van der Waals surface area contributed by atoms with Crippen LogP contribution in [0, 0.1) is 0 Å². The lowest BCUT2D eigenvalue weighted by molar-refractivity contribution is -0.0546. The highest BCUT2D eigenvalue weighted by molar-refractivity contribution is 7.90. The molecule has 1 amide bonds. The summed E-state index contributed by atoms with van der Waals surface area (Å²) in [5, 5.41) is 19.0. The lowest BCUT2D eigenvalue weighted by Crippen LogP contribution is -2.48. The number of carbonyl (C=O) groups excluding carboxylic acids is 1. The molecule has 1 aliphatic heterocycles. The number of amides is 1. The van der Waals surface area contributed by atoms with E-state index < -0.39 is 15.4 Å². The maximum atomic E-state index is 12.4. The van der Waals surface area contributed by atoms with Crippen molar-refractivity contribution in [3.8, 4) is 0 Å². The van der Waals surface area contributed by atoms with Crippen LogP contribution in [-0.2, 0) is 9.84 Å². The third-order valence-electron chi connectivity index (χ3n) is 3.78. The Morgan fingerprint density at radius 1 is 1.33 bits per heavy atom. The maximum Gasteiger partial charge on any atom is 0.253 e. The molecule has 7 heteroatoms. The summed E-state index contributed by atoms with van der Waals surface area (Å²) in [6.45, 7) is 0.344. The molecular formula is C14H19NO5S. The molecule has 1 aromatic carbocycles. The van der Waals surface area contributed by atoms with E-state index in [1.807, 2.05) is 0 Å². The molecule has 0 aromatic heterocycles. The number of piperidine rings is 1. The predicted molar refractivity (Wildman–Crippen MR) is 76.7 cm³/mol. The van der Waals surface area contributed by atoms with Crippen LogP contribution in [-0.4, -0.2) is 61.0 Å². The summed E-state index contributed by atoms with van der Waals surface area (Å²) in [6, 6.07) is 5.93. The zero-order valence-corrected chi connectivity index (χ0v) is 12.6. The Labute approximate surface area is 123 Å². The summed E-state index contributed by atoms with van der Waals surface area (Å²) in [5.74, 6) is -0.263. The van der Waals surface area contributed by atoms with Crippen LogP contribution < -0.4 is 0 Å². The Hall–Kier alpha value is -1.44. The Bertz CT molecular complexity index is 633. The average Bonchev–Trinajstić information content (AvgIpc) is 2.47. The Kier molecular flexibility index (Phi) is 4.36. The van der Waals surface area contributed by atoms with E-state index in [0.29, 0.717) is 31.5 Å². The van der Waals surface area contributed by atoms with E-state index in [-0.39, 0.29) is 17.4 Å². The van der Waals surface area contributed by atoms with Gasteiger partial charge in [0, 0.05) is 24.9 Å². The standard InChI is InChI=1S/C14H19NO5S/c1-21(19,20)12-4-2-3-11(9-12)13(17)15-7-5-14(18,10-16)6-8-15/h2-4,9,16,18H,5-8,10H2,1H3. The molecule has 2 rings (SSSR count). The SMILES string of the molecule is CS(=O)(=O)c1cccc(C(=O)N2CCC(O)(CO)CC2)c1. The van der Waals surface area contributed by atoms with Crippen LogP contribution >= 0.6 is 0 Å². The normalized spacial score (nSPS) is 18.5. The molecule has 0 atom stereocenters. The molecule has 1 heterocycles. The molecule has 6 nitrogen and oxygen atoms in total. The minimum Gasteiger partial charge on any atom is -0.393 e. The first-order valence-corrected chi connectivity index (χ1v) is 8.57. The number of aliphatic hydroxyl groups excluding tert-OH is 1. The highest BCUT2D eigenvalue weighted by atomic mass is 32.2. The lowest BCUT2D eigenvalue weighted by atomic mass is 9.92. The fourth-order valence-electron chi connectivity index (χ4n) is 2.33. The monoisotopic (exact) mass is 313 g/mol. The smallest absolute Gasteiger partial charge is 0.253 e. The van der Waals surface area contributed by atoms with Gasteiger partial charge in [0.2, 0.25) is 0 Å². The van der Waals surface area contributed by atoms with Crippen LogP contribution in [0.3, 0.4) is 0 Å². The van der Waals surface area contributed by atoms with E-state index in [1.54, 1.807) is 11.0 Å². The second-order valence-corrected chi connectivity index (χ2v) is 7.49. The number of hydrogen-bond acceptors (Lipinski definition) is 5. The molecule has 1 aromatic rings. The van der Waals surface area contributed by atoms with Gasteiger partial charge in [-0.05, 0) is 31.0 Å². The predicted octanol–water partition coefficient (Wildman–Crippen LogP) is 0.0495. The zero-order chi connectivity index (χ0) is 15.7. The summed E-state index contributed by atoms with van der Waals surface area (Å²) < 4.78 is 23.0. The molecule has 116 valence electrons. The summed E-state index contributed by atoms with van der Waals surface area (Å²) in [4.78, 5) is 14.0. The zero-order valence-electron chi connectivity index (χ0n) is 11.8. The van der Waals surface area contributed by atoms with Crippen molar-refractivity contribution < 1.29 is 23.4 Å². The van der Waals surface area contributed by atoms with Gasteiger partial charge in [0.1, 0.15) is 0 Å². The first kappa shape index (κ1) is 15.9. The highest BCUT2D eigenvalue weighted by Crippen LogP contribution is 2.23. The van der Waals surface area contributed by atoms with Crippen LogP contribution in [0.4, 0.5) is 0 Å². The molecule has 0 saturated carbocycles. The van der Waals surface area contributed by atoms with Gasteiger partial charge in [-0.15, -0.1) is 0 Å². The van der Waals surface area contributed by atoms with Gasteiger partial charge in [-0.1, -0.05) is 6.07 Å². The van der Waals surface area contributed by atoms with Crippen molar-refractivity contribution in [2.45, 2.75) is 23.3 Å². The number of sulfone groups is 1. The van der Waals surface area contributed by atoms with Crippen molar-refractivity contribution in [3.05, 3.63) is 29.8 Å². The third-order valence-corrected chi connectivity index (χ3v) is 4.90. The van der Waals surface area contributed by atoms with Crippen molar-refractivity contribution in [2.24, 2.45) is 0 Å². The largest absolute Gasteiger partial charge is 0.393 e. The number of carbonyl (C=O) groups is 1. The highest BCUT2D eigenvalue weighted by Gasteiger charge is 2.33. The van der Waals surface area contributed by atoms with Gasteiger partial charge in [0.25, 0.3) is 5.91 Å². The molecule has 2 N–H and O–H groups in total. The number of likely N-dealkylation sites (tertiary alicyclic amines) is 1. The molecule has 1 fully saturated rings. The molecule has 0 spiro atoms. The summed E-state index contributed by atoms with van der Waals surface area (Å²) in [7, 11) is -3.36.